The van der Waals surface area contributed by atoms with E-state index in [-0.39, 0.29) is 5.54 Å². The van der Waals surface area contributed by atoms with Crippen molar-refractivity contribution in [3.05, 3.63) is 29.8 Å². The smallest absolute Gasteiger partial charge is 0.189 e. The topological polar surface area (TPSA) is 59.6 Å². The van der Waals surface area contributed by atoms with Crippen LogP contribution in [0.5, 0.6) is 5.75 Å². The molecular weight excluding hydrogens is 226 g/mol. The third-order valence-electron chi connectivity index (χ3n) is 2.20. The minimum atomic E-state index is -0.0764. The molecular formula is C14H23N3O. The third-order valence-corrected chi connectivity index (χ3v) is 2.20. The van der Waals surface area contributed by atoms with E-state index in [2.05, 4.69) is 10.3 Å². The van der Waals surface area contributed by atoms with Crippen LogP contribution in [0.4, 0.5) is 0 Å². The van der Waals surface area contributed by atoms with Gasteiger partial charge in [-0.2, -0.15) is 0 Å². The van der Waals surface area contributed by atoms with Crippen molar-refractivity contribution in [3.8, 4) is 5.75 Å². The van der Waals surface area contributed by atoms with E-state index in [0.29, 0.717) is 19.1 Å². The molecule has 3 N–H and O–H groups in total. The van der Waals surface area contributed by atoms with E-state index in [1.807, 2.05) is 52.0 Å². The summed E-state index contributed by atoms with van der Waals surface area (Å²) in [6, 6.07) is 7.87. The normalized spacial score (nSPS) is 12.3. The molecule has 0 aliphatic rings. The zero-order chi connectivity index (χ0) is 13.6. The Morgan fingerprint density at radius 3 is 2.61 bits per heavy atom. The number of nitrogens with two attached hydrogens (primary N) is 1. The summed E-state index contributed by atoms with van der Waals surface area (Å²) in [5.74, 6) is 1.32. The molecule has 1 rings (SSSR count). The van der Waals surface area contributed by atoms with Crippen LogP contribution in [-0.4, -0.2) is 18.1 Å². The van der Waals surface area contributed by atoms with Gasteiger partial charge in [-0.05, 0) is 33.8 Å². The molecule has 0 bridgehead atoms. The summed E-state index contributed by atoms with van der Waals surface area (Å²) in [5, 5.41) is 3.13. The number of benzene rings is 1. The zero-order valence-electron chi connectivity index (χ0n) is 11.7. The monoisotopic (exact) mass is 249 g/mol. The Labute approximate surface area is 109 Å². The molecule has 0 fully saturated rings. The quantitative estimate of drug-likeness (QED) is 0.636. The van der Waals surface area contributed by atoms with E-state index in [9.17, 15) is 0 Å². The van der Waals surface area contributed by atoms with E-state index in [1.165, 1.54) is 0 Å². The van der Waals surface area contributed by atoms with Gasteiger partial charge in [-0.25, -0.2) is 4.99 Å². The minimum absolute atomic E-state index is 0.0764. The van der Waals surface area contributed by atoms with Gasteiger partial charge in [0.2, 0.25) is 0 Å². The highest BCUT2D eigenvalue weighted by atomic mass is 16.5. The van der Waals surface area contributed by atoms with Gasteiger partial charge in [0.05, 0.1) is 13.2 Å². The van der Waals surface area contributed by atoms with Crippen molar-refractivity contribution < 1.29 is 4.74 Å². The maximum absolute atomic E-state index is 5.83. The fraction of sp³-hybridized carbons (Fsp3) is 0.500. The highest BCUT2D eigenvalue weighted by molar-refractivity contribution is 5.78. The summed E-state index contributed by atoms with van der Waals surface area (Å²) in [5.41, 5.74) is 6.79. The Bertz CT molecular complexity index is 408. The molecule has 1 aromatic carbocycles. The summed E-state index contributed by atoms with van der Waals surface area (Å²) >= 11 is 0. The minimum Gasteiger partial charge on any atom is -0.494 e. The van der Waals surface area contributed by atoms with Gasteiger partial charge in [-0.15, -0.1) is 0 Å². The van der Waals surface area contributed by atoms with Crippen molar-refractivity contribution in [2.75, 3.05) is 6.61 Å². The number of nitrogens with one attached hydrogen (secondary N) is 1. The summed E-state index contributed by atoms with van der Waals surface area (Å²) in [4.78, 5) is 4.33. The Kier molecular flexibility index (Phi) is 5.01. The second-order valence-electron chi connectivity index (χ2n) is 5.12. The third kappa shape index (κ3) is 5.08. The van der Waals surface area contributed by atoms with Gasteiger partial charge in [-0.3, -0.25) is 0 Å². The second kappa shape index (κ2) is 6.28. The van der Waals surface area contributed by atoms with Crippen molar-refractivity contribution in [2.24, 2.45) is 10.7 Å². The van der Waals surface area contributed by atoms with Gasteiger partial charge in [0.25, 0.3) is 0 Å². The molecule has 4 heteroatoms. The summed E-state index contributed by atoms with van der Waals surface area (Å²) in [6.45, 7) is 9.27. The molecule has 0 saturated carbocycles. The molecule has 0 aromatic heterocycles. The van der Waals surface area contributed by atoms with Crippen LogP contribution in [0.15, 0.2) is 29.3 Å². The predicted octanol–water partition coefficient (Wildman–Crippen LogP) is 2.29. The molecule has 4 nitrogen and oxygen atoms in total. The highest BCUT2D eigenvalue weighted by Crippen LogP contribution is 2.18. The summed E-state index contributed by atoms with van der Waals surface area (Å²) < 4.78 is 5.54. The van der Waals surface area contributed by atoms with Crippen LogP contribution in [-0.2, 0) is 6.54 Å². The van der Waals surface area contributed by atoms with E-state index >= 15 is 0 Å². The summed E-state index contributed by atoms with van der Waals surface area (Å²) in [6.07, 6.45) is 0. The number of aliphatic imine (C=N–C) groups is 1. The molecule has 18 heavy (non-hydrogen) atoms. The van der Waals surface area contributed by atoms with Crippen molar-refractivity contribution in [1.82, 2.24) is 5.32 Å². The van der Waals surface area contributed by atoms with Crippen LogP contribution < -0.4 is 15.8 Å². The van der Waals surface area contributed by atoms with Crippen LogP contribution in [0.25, 0.3) is 0 Å². The molecule has 0 spiro atoms. The van der Waals surface area contributed by atoms with Crippen molar-refractivity contribution in [2.45, 2.75) is 39.8 Å². The molecule has 0 unspecified atom stereocenters. The SMILES string of the molecule is CCOc1ccccc1CN=C(N)NC(C)(C)C. The fourth-order valence-electron chi connectivity index (χ4n) is 1.52. The van der Waals surface area contributed by atoms with Crippen LogP contribution in [0.3, 0.4) is 0 Å². The van der Waals surface area contributed by atoms with Crippen LogP contribution >= 0.6 is 0 Å². The lowest BCUT2D eigenvalue weighted by atomic mass is 10.1. The van der Waals surface area contributed by atoms with Gasteiger partial charge in [-0.1, -0.05) is 18.2 Å². The number of para-hydroxylation sites is 1. The average Bonchev–Trinajstić information content (AvgIpc) is 2.26. The average molecular weight is 249 g/mol. The van der Waals surface area contributed by atoms with Crippen molar-refractivity contribution in [3.63, 3.8) is 0 Å². The van der Waals surface area contributed by atoms with Gasteiger partial charge in [0.15, 0.2) is 5.96 Å². The largest absolute Gasteiger partial charge is 0.494 e. The molecule has 1 aromatic rings. The lowest BCUT2D eigenvalue weighted by Crippen LogP contribution is -2.44. The Balaban J connectivity index is 2.70. The van der Waals surface area contributed by atoms with Gasteiger partial charge in [0.1, 0.15) is 5.75 Å². The molecule has 100 valence electrons. The molecule has 0 radical (unpaired) electrons. The molecule has 0 amide bonds. The Hall–Kier alpha value is -1.71. The molecule has 0 heterocycles. The van der Waals surface area contributed by atoms with Gasteiger partial charge in [0, 0.05) is 11.1 Å². The van der Waals surface area contributed by atoms with Crippen molar-refractivity contribution in [1.29, 1.82) is 0 Å². The number of ether oxygens (including phenoxy) is 1. The zero-order valence-corrected chi connectivity index (χ0v) is 11.7. The molecule has 0 aliphatic heterocycles. The van der Waals surface area contributed by atoms with E-state index in [4.69, 9.17) is 10.5 Å². The number of nitrogens with zero attached hydrogens (tertiary/aromatic N) is 1. The fourth-order valence-corrected chi connectivity index (χ4v) is 1.52. The molecule has 0 saturated heterocycles. The molecule has 0 atom stereocenters. The van der Waals surface area contributed by atoms with Crippen LogP contribution in [0.1, 0.15) is 33.3 Å². The van der Waals surface area contributed by atoms with Crippen LogP contribution in [0, 0.1) is 0 Å². The Morgan fingerprint density at radius 2 is 2.00 bits per heavy atom. The number of hydrogen-bond acceptors (Lipinski definition) is 2. The van der Waals surface area contributed by atoms with E-state index < -0.39 is 0 Å². The maximum atomic E-state index is 5.83. The highest BCUT2D eigenvalue weighted by Gasteiger charge is 2.09. The lowest BCUT2D eigenvalue weighted by Gasteiger charge is -2.21. The summed E-state index contributed by atoms with van der Waals surface area (Å²) in [7, 11) is 0. The number of rotatable bonds is 4. The molecule has 0 aliphatic carbocycles. The first kappa shape index (κ1) is 14.4. The van der Waals surface area contributed by atoms with E-state index in [0.717, 1.165) is 11.3 Å². The Morgan fingerprint density at radius 1 is 1.33 bits per heavy atom. The number of guanidine groups is 1. The maximum Gasteiger partial charge on any atom is 0.189 e. The van der Waals surface area contributed by atoms with Gasteiger partial charge >= 0.3 is 0 Å². The van der Waals surface area contributed by atoms with Gasteiger partial charge < -0.3 is 15.8 Å². The second-order valence-corrected chi connectivity index (χ2v) is 5.12. The predicted molar refractivity (Wildman–Crippen MR) is 75.8 cm³/mol. The standard InChI is InChI=1S/C14H23N3O/c1-5-18-12-9-7-6-8-11(12)10-16-13(15)17-14(2,3)4/h6-9H,5,10H2,1-4H3,(H3,15,16,17). The first-order chi connectivity index (χ1) is 8.42. The van der Waals surface area contributed by atoms with Crippen LogP contribution in [0.2, 0.25) is 0 Å². The number of hydrogen-bond donors (Lipinski definition) is 2. The lowest BCUT2D eigenvalue weighted by molar-refractivity contribution is 0.336. The first-order valence-electron chi connectivity index (χ1n) is 6.21. The van der Waals surface area contributed by atoms with E-state index in [1.54, 1.807) is 0 Å². The van der Waals surface area contributed by atoms with Crippen molar-refractivity contribution >= 4 is 5.96 Å². The first-order valence-corrected chi connectivity index (χ1v) is 6.21.